The van der Waals surface area contributed by atoms with Gasteiger partial charge in [-0.25, -0.2) is 30.0 Å². The van der Waals surface area contributed by atoms with Crippen LogP contribution < -0.4 is 4.72 Å². The molecule has 0 bridgehead atoms. The molecule has 1 atom stereocenters. The number of hydrogen-bond donors (Lipinski definition) is 1. The monoisotopic (exact) mass is 435 g/mol. The Bertz CT molecular complexity index is 991. The normalized spacial score (nSPS) is 24.5. The van der Waals surface area contributed by atoms with Crippen LogP contribution in [0.25, 0.3) is 0 Å². The molecule has 2 fully saturated rings. The molecule has 0 spiro atoms. The second-order valence-corrected chi connectivity index (χ2v) is 13.5. The van der Waals surface area contributed by atoms with Crippen molar-refractivity contribution in [2.45, 2.75) is 66.0 Å². The number of sulfonamides is 1. The van der Waals surface area contributed by atoms with Gasteiger partial charge in [-0.15, -0.1) is 0 Å². The number of rotatable bonds is 5. The van der Waals surface area contributed by atoms with Gasteiger partial charge in [0.1, 0.15) is 0 Å². The van der Waals surface area contributed by atoms with Crippen LogP contribution in [0, 0.1) is 0 Å². The van der Waals surface area contributed by atoms with E-state index in [1.807, 2.05) is 0 Å². The molecule has 1 aromatic rings. The van der Waals surface area contributed by atoms with Crippen LogP contribution in [0.2, 0.25) is 0 Å². The summed E-state index contributed by atoms with van der Waals surface area (Å²) in [4.78, 5) is -0.248. The third-order valence-corrected chi connectivity index (χ3v) is 10.9. The number of sulfone groups is 2. The Morgan fingerprint density at radius 2 is 1.52 bits per heavy atom. The van der Waals surface area contributed by atoms with Crippen molar-refractivity contribution in [2.24, 2.45) is 0 Å². The molecule has 1 N–H and O–H groups in total. The second kappa shape index (κ2) is 7.81. The maximum atomic E-state index is 12.8. The van der Waals surface area contributed by atoms with E-state index in [0.29, 0.717) is 0 Å². The van der Waals surface area contributed by atoms with Crippen LogP contribution in [0.15, 0.2) is 34.1 Å². The molecular weight excluding hydrogens is 410 g/mol. The van der Waals surface area contributed by atoms with Crippen molar-refractivity contribution in [2.75, 3.05) is 11.5 Å². The smallest absolute Gasteiger partial charge is 0.229 e. The minimum Gasteiger partial charge on any atom is -0.229 e. The van der Waals surface area contributed by atoms with Gasteiger partial charge in [0.05, 0.1) is 26.5 Å². The van der Waals surface area contributed by atoms with E-state index < -0.39 is 40.7 Å². The first-order valence-electron chi connectivity index (χ1n) is 9.17. The fourth-order valence-electron chi connectivity index (χ4n) is 3.70. The largest absolute Gasteiger partial charge is 0.240 e. The maximum Gasteiger partial charge on any atom is 0.240 e. The Morgan fingerprint density at radius 3 is 2.11 bits per heavy atom. The van der Waals surface area contributed by atoms with Gasteiger partial charge >= 0.3 is 0 Å². The van der Waals surface area contributed by atoms with Crippen LogP contribution in [-0.4, -0.2) is 48.1 Å². The molecule has 1 saturated heterocycles. The summed E-state index contributed by atoms with van der Waals surface area (Å²) in [7, 11) is -11.1. The molecule has 7 nitrogen and oxygen atoms in total. The first kappa shape index (κ1) is 20.8. The molecule has 152 valence electrons. The topological polar surface area (TPSA) is 114 Å². The molecule has 1 aliphatic carbocycles. The van der Waals surface area contributed by atoms with Crippen molar-refractivity contribution in [3.63, 3.8) is 0 Å². The van der Waals surface area contributed by atoms with E-state index in [9.17, 15) is 25.3 Å². The van der Waals surface area contributed by atoms with Gasteiger partial charge in [-0.3, -0.25) is 0 Å². The van der Waals surface area contributed by atoms with E-state index in [1.165, 1.54) is 18.2 Å². The van der Waals surface area contributed by atoms with Crippen LogP contribution in [0.5, 0.6) is 0 Å². The second-order valence-electron chi connectivity index (χ2n) is 7.35. The maximum absolute atomic E-state index is 12.8. The third-order valence-electron chi connectivity index (χ3n) is 5.25. The lowest BCUT2D eigenvalue weighted by molar-refractivity contribution is 0.510. The zero-order valence-corrected chi connectivity index (χ0v) is 17.5. The highest BCUT2D eigenvalue weighted by molar-refractivity contribution is 7.96. The van der Waals surface area contributed by atoms with Gasteiger partial charge in [-0.2, -0.15) is 0 Å². The van der Waals surface area contributed by atoms with E-state index in [4.69, 9.17) is 0 Å². The van der Waals surface area contributed by atoms with Crippen molar-refractivity contribution < 1.29 is 25.3 Å². The highest BCUT2D eigenvalue weighted by Crippen LogP contribution is 2.27. The van der Waals surface area contributed by atoms with Gasteiger partial charge in [0.25, 0.3) is 0 Å². The standard InChI is InChI=1S/C17H25NO6S3/c19-25(20)11-10-17(13-25)26(21,22)15-8-5-9-16(12-15)27(23,24)18-14-6-3-1-2-4-7-14/h5,8-9,12,14,17-18H,1-4,6-7,10-11,13H2/t17-/m0/s1. The first-order chi connectivity index (χ1) is 12.6. The zero-order valence-electron chi connectivity index (χ0n) is 15.0. The Labute approximate surface area is 161 Å². The summed E-state index contributed by atoms with van der Waals surface area (Å²) < 4.78 is 76.9. The minimum absolute atomic E-state index is 0.0436. The molecule has 0 unspecified atom stereocenters. The molecule has 1 saturated carbocycles. The average Bonchev–Trinajstić information content (AvgIpc) is 2.80. The van der Waals surface area contributed by atoms with Crippen LogP contribution in [-0.2, 0) is 29.7 Å². The van der Waals surface area contributed by atoms with Crippen molar-refractivity contribution >= 4 is 29.7 Å². The summed E-state index contributed by atoms with van der Waals surface area (Å²) >= 11 is 0. The molecule has 1 aromatic carbocycles. The predicted octanol–water partition coefficient (Wildman–Crippen LogP) is 1.65. The summed E-state index contributed by atoms with van der Waals surface area (Å²) in [5, 5.41) is -1.02. The fraction of sp³-hybridized carbons (Fsp3) is 0.647. The molecule has 3 rings (SSSR count). The summed E-state index contributed by atoms with van der Waals surface area (Å²) in [5.41, 5.74) is 0. The van der Waals surface area contributed by atoms with E-state index in [0.717, 1.165) is 44.6 Å². The van der Waals surface area contributed by atoms with Crippen LogP contribution in [0.1, 0.15) is 44.9 Å². The van der Waals surface area contributed by atoms with E-state index in [1.54, 1.807) is 0 Å². The van der Waals surface area contributed by atoms with Crippen molar-refractivity contribution in [3.05, 3.63) is 24.3 Å². The van der Waals surface area contributed by atoms with E-state index in [-0.39, 0.29) is 28.0 Å². The van der Waals surface area contributed by atoms with E-state index >= 15 is 0 Å². The molecule has 27 heavy (non-hydrogen) atoms. The zero-order chi connectivity index (χ0) is 19.7. The lowest BCUT2D eigenvalue weighted by Gasteiger charge is -2.17. The SMILES string of the molecule is O=S1(=O)CC[C@H](S(=O)(=O)c2cccc(S(=O)(=O)NC3CCCCCC3)c2)C1. The molecule has 0 radical (unpaired) electrons. The lowest BCUT2D eigenvalue weighted by Crippen LogP contribution is -2.34. The Hall–Kier alpha value is -0.970. The molecule has 1 aliphatic heterocycles. The third kappa shape index (κ3) is 4.90. The number of nitrogens with one attached hydrogen (secondary N) is 1. The molecule has 0 amide bonds. The highest BCUT2D eigenvalue weighted by Gasteiger charge is 2.38. The van der Waals surface area contributed by atoms with Crippen molar-refractivity contribution in [1.82, 2.24) is 4.72 Å². The lowest BCUT2D eigenvalue weighted by atomic mass is 10.1. The molecular formula is C17H25NO6S3. The van der Waals surface area contributed by atoms with Gasteiger partial charge in [0, 0.05) is 6.04 Å². The molecule has 2 aliphatic rings. The average molecular weight is 436 g/mol. The quantitative estimate of drug-likeness (QED) is 0.703. The van der Waals surface area contributed by atoms with Gasteiger partial charge in [0.2, 0.25) is 10.0 Å². The predicted molar refractivity (Wildman–Crippen MR) is 102 cm³/mol. The summed E-state index contributed by atoms with van der Waals surface area (Å²) in [6.07, 6.45) is 5.72. The summed E-state index contributed by atoms with van der Waals surface area (Å²) in [6, 6.07) is 5.07. The van der Waals surface area contributed by atoms with Crippen molar-refractivity contribution in [1.29, 1.82) is 0 Å². The van der Waals surface area contributed by atoms with Crippen LogP contribution >= 0.6 is 0 Å². The number of benzene rings is 1. The van der Waals surface area contributed by atoms with Crippen molar-refractivity contribution in [3.8, 4) is 0 Å². The van der Waals surface area contributed by atoms with Gasteiger partial charge in [-0.1, -0.05) is 31.7 Å². The van der Waals surface area contributed by atoms with Gasteiger partial charge < -0.3 is 0 Å². The summed E-state index contributed by atoms with van der Waals surface area (Å²) in [6.45, 7) is 0. The summed E-state index contributed by atoms with van der Waals surface area (Å²) in [5.74, 6) is -0.565. The van der Waals surface area contributed by atoms with Gasteiger partial charge in [-0.05, 0) is 37.5 Å². The first-order valence-corrected chi connectivity index (χ1v) is 14.0. The van der Waals surface area contributed by atoms with Crippen LogP contribution in [0.3, 0.4) is 0 Å². The number of hydrogen-bond acceptors (Lipinski definition) is 6. The molecule has 1 heterocycles. The highest BCUT2D eigenvalue weighted by atomic mass is 32.2. The molecule has 10 heteroatoms. The molecule has 0 aromatic heterocycles. The van der Waals surface area contributed by atoms with Crippen LogP contribution in [0.4, 0.5) is 0 Å². The Kier molecular flexibility index (Phi) is 6.00. The Morgan fingerprint density at radius 1 is 0.889 bits per heavy atom. The van der Waals surface area contributed by atoms with Gasteiger partial charge in [0.15, 0.2) is 19.7 Å². The fourth-order valence-corrected chi connectivity index (χ4v) is 9.53. The minimum atomic E-state index is -3.90. The van der Waals surface area contributed by atoms with E-state index in [2.05, 4.69) is 4.72 Å². The Balaban J connectivity index is 1.84.